The normalized spacial score (nSPS) is 12.1. The van der Waals surface area contributed by atoms with Gasteiger partial charge < -0.3 is 15.3 Å². The molecule has 0 spiro atoms. The number of likely N-dealkylation sites (N-methyl/N-ethyl adjacent to an activating group) is 1. The molecule has 0 aliphatic rings. The van der Waals surface area contributed by atoms with Crippen molar-refractivity contribution in [1.29, 1.82) is 0 Å². The summed E-state index contributed by atoms with van der Waals surface area (Å²) in [6.07, 6.45) is 0. The van der Waals surface area contributed by atoms with E-state index in [1.807, 2.05) is 12.1 Å². The van der Waals surface area contributed by atoms with Gasteiger partial charge in [0.25, 0.3) is 0 Å². The van der Waals surface area contributed by atoms with Crippen molar-refractivity contribution in [2.24, 2.45) is 0 Å². The van der Waals surface area contributed by atoms with Gasteiger partial charge in [0.1, 0.15) is 0 Å². The fraction of sp³-hybridized carbons (Fsp3) is 0.588. The third kappa shape index (κ3) is 5.38. The fourth-order valence-electron chi connectivity index (χ4n) is 2.51. The number of hydrogen-bond donors (Lipinski definition) is 2. The number of nitrogens with zero attached hydrogens (tertiary/aromatic N) is 1. The van der Waals surface area contributed by atoms with E-state index in [0.717, 1.165) is 0 Å². The minimum absolute atomic E-state index is 0.142. The fourth-order valence-corrected chi connectivity index (χ4v) is 2.51. The molecule has 0 bridgehead atoms. The summed E-state index contributed by atoms with van der Waals surface area (Å²) in [6, 6.07) is 8.05. The molecule has 0 saturated heterocycles. The van der Waals surface area contributed by atoms with Crippen LogP contribution in [0.1, 0.15) is 38.8 Å². The number of aliphatic hydroxyl groups is 1. The van der Waals surface area contributed by atoms with Crippen LogP contribution in [0.15, 0.2) is 24.3 Å². The molecule has 1 rings (SSSR count). The largest absolute Gasteiger partial charge is 0.389 e. The van der Waals surface area contributed by atoms with Gasteiger partial charge >= 0.3 is 6.03 Å². The van der Waals surface area contributed by atoms with Crippen LogP contribution in [-0.4, -0.2) is 41.8 Å². The zero-order chi connectivity index (χ0) is 16.3. The molecule has 2 N–H and O–H groups in total. The molecule has 0 aliphatic carbocycles. The molecule has 0 fully saturated rings. The average molecular weight is 292 g/mol. The summed E-state index contributed by atoms with van der Waals surface area (Å²) in [5.74, 6) is 0. The van der Waals surface area contributed by atoms with E-state index in [1.165, 1.54) is 16.0 Å². The predicted molar refractivity (Wildman–Crippen MR) is 86.5 cm³/mol. The molecule has 2 amide bonds. The zero-order valence-electron chi connectivity index (χ0n) is 14.0. The van der Waals surface area contributed by atoms with Gasteiger partial charge in [0, 0.05) is 19.0 Å². The summed E-state index contributed by atoms with van der Waals surface area (Å²) in [7, 11) is 1.69. The first-order valence-electron chi connectivity index (χ1n) is 7.30. The molecule has 0 heterocycles. The van der Waals surface area contributed by atoms with E-state index >= 15 is 0 Å². The van der Waals surface area contributed by atoms with Crippen molar-refractivity contribution >= 4 is 6.03 Å². The highest BCUT2D eigenvalue weighted by molar-refractivity contribution is 5.74. The van der Waals surface area contributed by atoms with Gasteiger partial charge in [-0.05, 0) is 31.9 Å². The Hall–Kier alpha value is -1.55. The quantitative estimate of drug-likeness (QED) is 0.876. The average Bonchev–Trinajstić information content (AvgIpc) is 2.34. The molecule has 1 aromatic rings. The Morgan fingerprint density at radius 3 is 2.33 bits per heavy atom. The summed E-state index contributed by atoms with van der Waals surface area (Å²) in [4.78, 5) is 13.6. The number of benzene rings is 1. The van der Waals surface area contributed by atoms with E-state index in [-0.39, 0.29) is 11.4 Å². The van der Waals surface area contributed by atoms with Gasteiger partial charge in [-0.15, -0.1) is 0 Å². The van der Waals surface area contributed by atoms with Crippen molar-refractivity contribution in [1.82, 2.24) is 10.2 Å². The maximum Gasteiger partial charge on any atom is 0.317 e. The van der Waals surface area contributed by atoms with Gasteiger partial charge in [-0.1, -0.05) is 38.1 Å². The molecule has 0 atom stereocenters. The van der Waals surface area contributed by atoms with E-state index < -0.39 is 5.60 Å². The molecule has 4 nitrogen and oxygen atoms in total. The smallest absolute Gasteiger partial charge is 0.317 e. The van der Waals surface area contributed by atoms with Crippen LogP contribution in [0.5, 0.6) is 0 Å². The van der Waals surface area contributed by atoms with Crippen LogP contribution in [0.3, 0.4) is 0 Å². The van der Waals surface area contributed by atoms with E-state index in [9.17, 15) is 9.90 Å². The van der Waals surface area contributed by atoms with E-state index in [2.05, 4.69) is 38.2 Å². The Morgan fingerprint density at radius 2 is 1.81 bits per heavy atom. The maximum absolute atomic E-state index is 12.1. The van der Waals surface area contributed by atoms with Crippen LogP contribution in [0.4, 0.5) is 4.79 Å². The van der Waals surface area contributed by atoms with E-state index in [1.54, 1.807) is 20.9 Å². The van der Waals surface area contributed by atoms with Crippen LogP contribution < -0.4 is 5.32 Å². The number of hydrogen-bond acceptors (Lipinski definition) is 2. The van der Waals surface area contributed by atoms with Gasteiger partial charge in [0.15, 0.2) is 0 Å². The number of nitrogens with one attached hydrogen (secondary N) is 1. The highest BCUT2D eigenvalue weighted by atomic mass is 16.3. The number of rotatable bonds is 5. The Balaban J connectivity index is 2.65. The van der Waals surface area contributed by atoms with Crippen molar-refractivity contribution in [3.8, 4) is 0 Å². The van der Waals surface area contributed by atoms with Crippen molar-refractivity contribution in [3.63, 3.8) is 0 Å². The molecule has 0 saturated carbocycles. The summed E-state index contributed by atoms with van der Waals surface area (Å²) < 4.78 is 0. The minimum atomic E-state index is -0.891. The Morgan fingerprint density at radius 1 is 1.24 bits per heavy atom. The number of urea groups is 1. The molecule has 0 aliphatic heterocycles. The highest BCUT2D eigenvalue weighted by Crippen LogP contribution is 2.25. The Kier molecular flexibility index (Phi) is 5.40. The number of carbonyl (C=O) groups excluding carboxylic acids is 1. The number of carbonyl (C=O) groups is 1. The Bertz CT molecular complexity index is 490. The first-order chi connectivity index (χ1) is 9.53. The number of aryl methyl sites for hydroxylation is 1. The van der Waals surface area contributed by atoms with Crippen molar-refractivity contribution in [3.05, 3.63) is 35.4 Å². The SMILES string of the molecule is Cc1ccccc1C(C)(C)CNC(=O)N(C)CC(C)(C)O. The second-order valence-corrected chi connectivity index (χ2v) is 7.03. The lowest BCUT2D eigenvalue weighted by Crippen LogP contribution is -2.47. The molecule has 1 aromatic carbocycles. The third-order valence-corrected chi connectivity index (χ3v) is 3.53. The lowest BCUT2D eigenvalue weighted by molar-refractivity contribution is 0.0530. The molecule has 0 unspecified atom stereocenters. The van der Waals surface area contributed by atoms with Gasteiger partial charge in [0.2, 0.25) is 0 Å². The molecule has 21 heavy (non-hydrogen) atoms. The van der Waals surface area contributed by atoms with Crippen LogP contribution in [0.25, 0.3) is 0 Å². The summed E-state index contributed by atoms with van der Waals surface area (Å²) >= 11 is 0. The Labute approximate surface area is 128 Å². The van der Waals surface area contributed by atoms with Gasteiger partial charge in [-0.2, -0.15) is 0 Å². The first kappa shape index (κ1) is 17.5. The van der Waals surface area contributed by atoms with Crippen molar-refractivity contribution in [2.75, 3.05) is 20.1 Å². The first-order valence-corrected chi connectivity index (χ1v) is 7.30. The predicted octanol–water partition coefficient (Wildman–Crippen LogP) is 2.68. The van der Waals surface area contributed by atoms with Gasteiger partial charge in [-0.3, -0.25) is 0 Å². The lowest BCUT2D eigenvalue weighted by atomic mass is 9.82. The van der Waals surface area contributed by atoms with Crippen LogP contribution >= 0.6 is 0 Å². The second kappa shape index (κ2) is 6.48. The van der Waals surface area contributed by atoms with Crippen molar-refractivity contribution < 1.29 is 9.90 Å². The standard InChI is InChI=1S/C17H28N2O2/c1-13-9-7-8-10-14(13)16(2,3)11-18-15(20)19(6)12-17(4,5)21/h7-10,21H,11-12H2,1-6H3,(H,18,20). The molecular weight excluding hydrogens is 264 g/mol. The monoisotopic (exact) mass is 292 g/mol. The highest BCUT2D eigenvalue weighted by Gasteiger charge is 2.25. The maximum atomic E-state index is 12.1. The summed E-state index contributed by atoms with van der Waals surface area (Å²) in [5, 5.41) is 12.7. The van der Waals surface area contributed by atoms with E-state index in [0.29, 0.717) is 13.1 Å². The zero-order valence-corrected chi connectivity index (χ0v) is 14.0. The molecule has 0 aromatic heterocycles. The molecular formula is C17H28N2O2. The topological polar surface area (TPSA) is 52.6 Å². The third-order valence-electron chi connectivity index (χ3n) is 3.53. The summed E-state index contributed by atoms with van der Waals surface area (Å²) in [5.41, 5.74) is 1.42. The molecule has 4 heteroatoms. The summed E-state index contributed by atoms with van der Waals surface area (Å²) in [6.45, 7) is 10.5. The van der Waals surface area contributed by atoms with Crippen molar-refractivity contribution in [2.45, 2.75) is 45.6 Å². The second-order valence-electron chi connectivity index (χ2n) is 7.03. The van der Waals surface area contributed by atoms with Gasteiger partial charge in [-0.25, -0.2) is 4.79 Å². The van der Waals surface area contributed by atoms with Gasteiger partial charge in [0.05, 0.1) is 12.1 Å². The molecule has 0 radical (unpaired) electrons. The van der Waals surface area contributed by atoms with Crippen LogP contribution in [-0.2, 0) is 5.41 Å². The molecule has 118 valence electrons. The lowest BCUT2D eigenvalue weighted by Gasteiger charge is -2.30. The van der Waals surface area contributed by atoms with E-state index in [4.69, 9.17) is 0 Å². The number of amides is 2. The van der Waals surface area contributed by atoms with Crippen LogP contribution in [0, 0.1) is 6.92 Å². The minimum Gasteiger partial charge on any atom is -0.389 e. The van der Waals surface area contributed by atoms with Crippen LogP contribution in [0.2, 0.25) is 0 Å².